The predicted molar refractivity (Wildman–Crippen MR) is 191 cm³/mol. The number of hydrogen-bond donors (Lipinski definition) is 9. The highest BCUT2D eigenvalue weighted by molar-refractivity contribution is 7.46. The number of benzene rings is 1. The summed E-state index contributed by atoms with van der Waals surface area (Å²) in [4.78, 5) is 90.2. The third kappa shape index (κ3) is 14.8. The Hall–Kier alpha value is -5.01. The molecule has 0 saturated heterocycles. The Kier molecular flexibility index (Phi) is 16.9. The molecule has 21 heteroatoms. The summed E-state index contributed by atoms with van der Waals surface area (Å²) in [6.45, 7) is 4.42. The molecule has 2 heterocycles. The molecule has 3 aromatic rings. The Labute approximate surface area is 311 Å². The van der Waals surface area contributed by atoms with E-state index in [9.17, 15) is 33.6 Å². The van der Waals surface area contributed by atoms with Crippen LogP contribution >= 0.6 is 7.82 Å². The van der Waals surface area contributed by atoms with E-state index in [0.717, 1.165) is 25.5 Å². The van der Waals surface area contributed by atoms with Gasteiger partial charge in [-0.25, -0.2) is 14.2 Å². The predicted octanol–water partition coefficient (Wildman–Crippen LogP) is -1.23. The number of aliphatic hydroxyl groups is 1. The highest BCUT2D eigenvalue weighted by atomic mass is 31.2. The second-order valence-corrected chi connectivity index (χ2v) is 14.3. The number of nitrogens with one attached hydrogen (secondary N) is 5. The summed E-state index contributed by atoms with van der Waals surface area (Å²) in [7, 11) is -5.08. The van der Waals surface area contributed by atoms with Crippen LogP contribution in [0.15, 0.2) is 49.1 Å². The molecule has 5 atom stereocenters. The molecule has 0 aliphatic heterocycles. The number of H-pyrrole nitrogens is 1. The van der Waals surface area contributed by atoms with Crippen molar-refractivity contribution < 1.29 is 48.0 Å². The molecule has 296 valence electrons. The van der Waals surface area contributed by atoms with Gasteiger partial charge < -0.3 is 46.9 Å². The number of phosphoric ester groups is 1. The maximum atomic E-state index is 13.7. The van der Waals surface area contributed by atoms with Crippen molar-refractivity contribution in [3.05, 3.63) is 66.0 Å². The molecular formula is C33H49N10O10P. The molecule has 10 N–H and O–H groups in total. The van der Waals surface area contributed by atoms with Gasteiger partial charge in [-0.2, -0.15) is 0 Å². The van der Waals surface area contributed by atoms with Gasteiger partial charge in [0.1, 0.15) is 24.2 Å². The second-order valence-electron chi connectivity index (χ2n) is 13.1. The highest BCUT2D eigenvalue weighted by Crippen LogP contribution is 2.38. The number of aromatic nitrogens is 5. The smallest absolute Gasteiger partial charge is 0.394 e. The quantitative estimate of drug-likeness (QED) is 0.0511. The lowest BCUT2D eigenvalue weighted by molar-refractivity contribution is -0.135. The van der Waals surface area contributed by atoms with Crippen molar-refractivity contribution in [2.75, 3.05) is 6.61 Å². The number of imidazole rings is 1. The van der Waals surface area contributed by atoms with Gasteiger partial charge in [0.25, 0.3) is 0 Å². The largest absolute Gasteiger partial charge is 0.469 e. The molecule has 5 amide bonds. The first-order valence-electron chi connectivity index (χ1n) is 17.3. The van der Waals surface area contributed by atoms with E-state index in [2.05, 4.69) is 58.2 Å². The number of aromatic amines is 1. The third-order valence-corrected chi connectivity index (χ3v) is 8.75. The number of carbonyl (C=O) groups is 5. The molecule has 0 aliphatic carbocycles. The van der Waals surface area contributed by atoms with Crippen molar-refractivity contribution in [2.24, 2.45) is 11.7 Å². The van der Waals surface area contributed by atoms with E-state index >= 15 is 0 Å². The summed E-state index contributed by atoms with van der Waals surface area (Å²) >= 11 is 0. The number of rotatable bonds is 23. The van der Waals surface area contributed by atoms with Crippen LogP contribution in [0, 0.1) is 5.92 Å². The summed E-state index contributed by atoms with van der Waals surface area (Å²) in [5, 5.41) is 27.9. The topological polar surface area (TPSA) is 306 Å². The summed E-state index contributed by atoms with van der Waals surface area (Å²) in [5.74, 6) is -4.43. The van der Waals surface area contributed by atoms with Gasteiger partial charge in [-0.3, -0.25) is 28.5 Å². The second kappa shape index (κ2) is 21.0. The number of phosphoric acid groups is 1. The molecule has 20 nitrogen and oxygen atoms in total. The normalized spacial score (nSPS) is 14.4. The average Bonchev–Trinajstić information content (AvgIpc) is 3.79. The number of hydrogen-bond acceptors (Lipinski definition) is 11. The number of aryl methyl sites for hydroxylation is 3. The maximum absolute atomic E-state index is 13.7. The van der Waals surface area contributed by atoms with Crippen LogP contribution in [0.3, 0.4) is 0 Å². The van der Waals surface area contributed by atoms with E-state index in [0.29, 0.717) is 18.7 Å². The number of aliphatic hydroxyl groups excluding tert-OH is 1. The van der Waals surface area contributed by atoms with Crippen molar-refractivity contribution >= 4 is 37.4 Å². The van der Waals surface area contributed by atoms with Gasteiger partial charge in [-0.05, 0) is 44.1 Å². The van der Waals surface area contributed by atoms with Gasteiger partial charge in [-0.15, -0.1) is 5.10 Å². The van der Waals surface area contributed by atoms with Crippen LogP contribution in [0.4, 0.5) is 0 Å². The Morgan fingerprint density at radius 3 is 2.20 bits per heavy atom. The van der Waals surface area contributed by atoms with Crippen LogP contribution in [-0.2, 0) is 58.9 Å². The van der Waals surface area contributed by atoms with Crippen LogP contribution in [0.1, 0.15) is 57.0 Å². The van der Waals surface area contributed by atoms with Crippen LogP contribution in [0.2, 0.25) is 0 Å². The lowest BCUT2D eigenvalue weighted by Crippen LogP contribution is -2.60. The summed E-state index contributed by atoms with van der Waals surface area (Å²) in [6.07, 6.45) is 4.87. The fourth-order valence-corrected chi connectivity index (χ4v) is 6.02. The monoisotopic (exact) mass is 776 g/mol. The first-order valence-corrected chi connectivity index (χ1v) is 18.8. The molecule has 0 saturated carbocycles. The van der Waals surface area contributed by atoms with Gasteiger partial charge in [0, 0.05) is 31.3 Å². The fraction of sp³-hybridized carbons (Fsp3) is 0.515. The average molecular weight is 777 g/mol. The van der Waals surface area contributed by atoms with Crippen molar-refractivity contribution in [1.82, 2.24) is 46.2 Å². The molecule has 0 bridgehead atoms. The van der Waals surface area contributed by atoms with Crippen LogP contribution in [0.25, 0.3) is 0 Å². The van der Waals surface area contributed by atoms with Gasteiger partial charge in [0.05, 0.1) is 30.9 Å². The summed E-state index contributed by atoms with van der Waals surface area (Å²) < 4.78 is 17.5. The highest BCUT2D eigenvalue weighted by Gasteiger charge is 2.35. The Bertz CT molecular complexity index is 1720. The van der Waals surface area contributed by atoms with E-state index in [-0.39, 0.29) is 25.2 Å². The van der Waals surface area contributed by atoms with E-state index in [1.165, 1.54) is 18.1 Å². The molecule has 0 unspecified atom stereocenters. The standard InChI is InChI=1S/C33H49N10O10P/c1-20(2)14-25(38-28(45)12-11-24-17-37-42-43(24)13-7-10-22-8-5-4-6-9-22)31(47)39-26(15-23-16-35-19-36-23)32(48)40-27(18-44)33(49)41-29(30(34)46)21(3)53-54(50,51)52/h4-6,8-9,16-17,19-21,25-27,29,44H,7,10-15,18H2,1-3H3,(H2,34,46)(H,35,36)(H,38,45)(H,39,47)(H,40,48)(H,41,49)(H2,50,51,52)/t21-,25+,26+,27+,29+/m1/s1. The van der Waals surface area contributed by atoms with Crippen molar-refractivity contribution in [3.63, 3.8) is 0 Å². The Morgan fingerprint density at radius 2 is 1.59 bits per heavy atom. The van der Waals surface area contributed by atoms with E-state index in [1.807, 2.05) is 32.0 Å². The first-order chi connectivity index (χ1) is 25.6. The van der Waals surface area contributed by atoms with Crippen LogP contribution in [-0.4, -0.2) is 106 Å². The van der Waals surface area contributed by atoms with Crippen molar-refractivity contribution in [1.29, 1.82) is 0 Å². The summed E-state index contributed by atoms with van der Waals surface area (Å²) in [6, 6.07) is 4.16. The molecule has 54 heavy (non-hydrogen) atoms. The van der Waals surface area contributed by atoms with E-state index in [4.69, 9.17) is 15.5 Å². The van der Waals surface area contributed by atoms with Crippen LogP contribution < -0.4 is 27.0 Å². The molecule has 0 radical (unpaired) electrons. The number of nitrogens with two attached hydrogens (primary N) is 1. The number of nitrogens with zero attached hydrogens (tertiary/aromatic N) is 4. The molecule has 3 rings (SSSR count). The van der Waals surface area contributed by atoms with Gasteiger partial charge >= 0.3 is 7.82 Å². The lowest BCUT2D eigenvalue weighted by atomic mass is 10.0. The molecule has 0 aliphatic rings. The van der Waals surface area contributed by atoms with Gasteiger partial charge in [0.15, 0.2) is 0 Å². The summed E-state index contributed by atoms with van der Waals surface area (Å²) in [5.41, 5.74) is 7.67. The first kappa shape index (κ1) is 43.4. The zero-order valence-electron chi connectivity index (χ0n) is 30.3. The zero-order valence-corrected chi connectivity index (χ0v) is 31.1. The minimum atomic E-state index is -5.08. The third-order valence-electron chi connectivity index (χ3n) is 8.15. The number of carbonyl (C=O) groups excluding carboxylic acids is 5. The van der Waals surface area contributed by atoms with Gasteiger partial charge in [0.2, 0.25) is 29.5 Å². The van der Waals surface area contributed by atoms with Gasteiger partial charge in [-0.1, -0.05) is 49.4 Å². The number of primary amides is 1. The van der Waals surface area contributed by atoms with E-state index in [1.54, 1.807) is 10.9 Å². The zero-order chi connectivity index (χ0) is 39.8. The Balaban J connectivity index is 1.66. The molecular weight excluding hydrogens is 727 g/mol. The van der Waals surface area contributed by atoms with E-state index < -0.39 is 74.2 Å². The van der Waals surface area contributed by atoms with Crippen molar-refractivity contribution in [2.45, 2.75) is 96.1 Å². The molecule has 2 aromatic heterocycles. The fourth-order valence-electron chi connectivity index (χ4n) is 5.46. The molecule has 1 aromatic carbocycles. The van der Waals surface area contributed by atoms with Crippen LogP contribution in [0.5, 0.6) is 0 Å². The van der Waals surface area contributed by atoms with Crippen molar-refractivity contribution in [3.8, 4) is 0 Å². The minimum Gasteiger partial charge on any atom is -0.394 e. The number of amides is 5. The SMILES string of the molecule is CC(C)C[C@H](NC(=O)CCc1cnnn1CCCc1ccccc1)C(=O)N[C@@H](Cc1cnc[nH]1)C(=O)N[C@@H](CO)C(=O)N[C@H](C(N)=O)[C@@H](C)OP(=O)(O)O. The maximum Gasteiger partial charge on any atom is 0.469 e. The lowest BCUT2D eigenvalue weighted by Gasteiger charge is -2.27. The minimum absolute atomic E-state index is 0.0311. The Morgan fingerprint density at radius 1 is 0.926 bits per heavy atom. The molecule has 0 spiro atoms. The molecule has 0 fully saturated rings.